The zero-order valence-electron chi connectivity index (χ0n) is 17.0. The van der Waals surface area contributed by atoms with E-state index in [4.69, 9.17) is 9.47 Å². The number of nitrogens with zero attached hydrogens (tertiary/aromatic N) is 2. The molecule has 8 heteroatoms. The Morgan fingerprint density at radius 3 is 2.65 bits per heavy atom. The summed E-state index contributed by atoms with van der Waals surface area (Å²) in [6, 6.07) is 16.8. The molecule has 1 amide bonds. The van der Waals surface area contributed by atoms with Crippen LogP contribution in [0.4, 0.5) is 10.2 Å². The molecule has 1 aliphatic carbocycles. The quantitative estimate of drug-likeness (QED) is 0.557. The second kappa shape index (κ2) is 8.99. The molecule has 1 aromatic heterocycles. The van der Waals surface area contributed by atoms with E-state index < -0.39 is 30.4 Å². The van der Waals surface area contributed by atoms with Crippen molar-refractivity contribution in [2.75, 3.05) is 11.9 Å². The van der Waals surface area contributed by atoms with E-state index in [2.05, 4.69) is 10.4 Å². The Bertz CT molecular complexity index is 1080. The minimum absolute atomic E-state index is 0.202. The minimum atomic E-state index is -0.995. The largest absolute Gasteiger partial charge is 0.479 e. The summed E-state index contributed by atoms with van der Waals surface area (Å²) >= 11 is 0. The Kier molecular flexibility index (Phi) is 5.97. The lowest BCUT2D eigenvalue weighted by atomic mass is 10.3. The summed E-state index contributed by atoms with van der Waals surface area (Å²) in [4.78, 5) is 24.5. The van der Waals surface area contributed by atoms with Crippen LogP contribution in [-0.2, 0) is 14.3 Å². The lowest BCUT2D eigenvalue weighted by Gasteiger charge is -2.14. The molecule has 1 heterocycles. The third kappa shape index (κ3) is 5.28. The van der Waals surface area contributed by atoms with Gasteiger partial charge in [0.1, 0.15) is 17.4 Å². The molecule has 1 unspecified atom stereocenters. The highest BCUT2D eigenvalue weighted by molar-refractivity contribution is 5.92. The van der Waals surface area contributed by atoms with E-state index >= 15 is 0 Å². The molecule has 2 aromatic carbocycles. The normalized spacial score (nSPS) is 14.0. The highest BCUT2D eigenvalue weighted by Gasteiger charge is 2.28. The predicted molar refractivity (Wildman–Crippen MR) is 112 cm³/mol. The fourth-order valence-corrected chi connectivity index (χ4v) is 3.06. The molecular weight excluding hydrogens is 401 g/mol. The zero-order valence-corrected chi connectivity index (χ0v) is 17.0. The Morgan fingerprint density at radius 2 is 1.94 bits per heavy atom. The number of carbonyl (C=O) groups excluding carboxylic acids is 2. The van der Waals surface area contributed by atoms with Crippen molar-refractivity contribution in [3.8, 4) is 11.4 Å². The van der Waals surface area contributed by atoms with Gasteiger partial charge in [0, 0.05) is 18.1 Å². The second-order valence-corrected chi connectivity index (χ2v) is 7.35. The number of esters is 1. The van der Waals surface area contributed by atoms with E-state index in [-0.39, 0.29) is 5.75 Å². The molecular formula is C23H22FN3O4. The molecule has 31 heavy (non-hydrogen) atoms. The molecule has 0 spiro atoms. The van der Waals surface area contributed by atoms with Gasteiger partial charge in [0.15, 0.2) is 12.7 Å². The average molecular weight is 423 g/mol. The van der Waals surface area contributed by atoms with Crippen molar-refractivity contribution in [1.29, 1.82) is 0 Å². The molecule has 1 fully saturated rings. The molecule has 160 valence electrons. The van der Waals surface area contributed by atoms with Gasteiger partial charge in [-0.05, 0) is 44.0 Å². The molecule has 7 nitrogen and oxygen atoms in total. The summed E-state index contributed by atoms with van der Waals surface area (Å²) in [5, 5.41) is 7.37. The summed E-state index contributed by atoms with van der Waals surface area (Å²) in [7, 11) is 0. The van der Waals surface area contributed by atoms with Crippen LogP contribution in [0, 0.1) is 5.82 Å². The smallest absolute Gasteiger partial charge is 0.347 e. The Balaban J connectivity index is 1.36. The van der Waals surface area contributed by atoms with E-state index in [1.54, 1.807) is 4.68 Å². The minimum Gasteiger partial charge on any atom is -0.479 e. The van der Waals surface area contributed by atoms with Gasteiger partial charge >= 0.3 is 5.97 Å². The van der Waals surface area contributed by atoms with Gasteiger partial charge in [0.05, 0.1) is 11.4 Å². The first-order valence-electron chi connectivity index (χ1n) is 10.0. The van der Waals surface area contributed by atoms with Gasteiger partial charge in [-0.25, -0.2) is 13.9 Å². The monoisotopic (exact) mass is 423 g/mol. The van der Waals surface area contributed by atoms with Crippen molar-refractivity contribution in [3.05, 3.63) is 72.2 Å². The Morgan fingerprint density at radius 1 is 1.16 bits per heavy atom. The first-order chi connectivity index (χ1) is 15.0. The van der Waals surface area contributed by atoms with Gasteiger partial charge in [-0.3, -0.25) is 4.79 Å². The maximum absolute atomic E-state index is 13.2. The predicted octanol–water partition coefficient (Wildman–Crippen LogP) is 3.84. The van der Waals surface area contributed by atoms with Gasteiger partial charge < -0.3 is 14.8 Å². The van der Waals surface area contributed by atoms with Crippen LogP contribution in [0.25, 0.3) is 5.69 Å². The molecule has 1 N–H and O–H groups in total. The van der Waals surface area contributed by atoms with E-state index in [1.165, 1.54) is 31.2 Å². The number of nitrogens with one attached hydrogen (secondary N) is 1. The number of para-hydroxylation sites is 1. The number of carbonyl (C=O) groups is 2. The Hall–Kier alpha value is -3.68. The lowest BCUT2D eigenvalue weighted by Crippen LogP contribution is -2.30. The van der Waals surface area contributed by atoms with Crippen molar-refractivity contribution in [3.63, 3.8) is 0 Å². The first-order valence-corrected chi connectivity index (χ1v) is 10.0. The van der Waals surface area contributed by atoms with Crippen molar-refractivity contribution in [2.45, 2.75) is 31.8 Å². The van der Waals surface area contributed by atoms with Crippen LogP contribution < -0.4 is 10.1 Å². The highest BCUT2D eigenvalue weighted by atomic mass is 19.1. The second-order valence-electron chi connectivity index (χ2n) is 7.35. The number of amides is 1. The van der Waals surface area contributed by atoms with Gasteiger partial charge in [-0.1, -0.05) is 24.3 Å². The van der Waals surface area contributed by atoms with E-state index in [1.807, 2.05) is 36.4 Å². The Labute approximate surface area is 178 Å². The fraction of sp³-hybridized carbons (Fsp3) is 0.261. The fourth-order valence-electron chi connectivity index (χ4n) is 3.06. The zero-order chi connectivity index (χ0) is 21.8. The van der Waals surface area contributed by atoms with Crippen LogP contribution in [0.3, 0.4) is 0 Å². The molecule has 0 radical (unpaired) electrons. The number of anilines is 1. The molecule has 3 aromatic rings. The average Bonchev–Trinajstić information content (AvgIpc) is 3.53. The number of halogens is 1. The number of ether oxygens (including phenoxy) is 2. The molecule has 0 bridgehead atoms. The van der Waals surface area contributed by atoms with E-state index in [0.29, 0.717) is 11.7 Å². The van der Waals surface area contributed by atoms with Crippen molar-refractivity contribution < 1.29 is 23.5 Å². The molecule has 1 atom stereocenters. The summed E-state index contributed by atoms with van der Waals surface area (Å²) in [5.74, 6) is -0.566. The maximum atomic E-state index is 13.2. The summed E-state index contributed by atoms with van der Waals surface area (Å²) < 4.78 is 25.3. The number of rotatable bonds is 8. The van der Waals surface area contributed by atoms with Crippen LogP contribution >= 0.6 is 0 Å². The van der Waals surface area contributed by atoms with Crippen LogP contribution in [0.1, 0.15) is 31.4 Å². The van der Waals surface area contributed by atoms with Crippen molar-refractivity contribution in [1.82, 2.24) is 9.78 Å². The molecule has 1 saturated carbocycles. The summed E-state index contributed by atoms with van der Waals surface area (Å²) in [6.45, 7) is 0.992. The van der Waals surface area contributed by atoms with Gasteiger partial charge in [-0.15, -0.1) is 0 Å². The SMILES string of the molecule is CC(Oc1cccc(F)c1)C(=O)OCC(=O)Nc1cc(C2CC2)nn1-c1ccccc1. The third-order valence-corrected chi connectivity index (χ3v) is 4.78. The van der Waals surface area contributed by atoms with Gasteiger partial charge in [-0.2, -0.15) is 5.10 Å². The number of benzene rings is 2. The van der Waals surface area contributed by atoms with Gasteiger partial charge in [0.25, 0.3) is 5.91 Å². The molecule has 1 aliphatic rings. The molecule has 0 saturated heterocycles. The molecule has 0 aliphatic heterocycles. The first kappa shape index (κ1) is 20.6. The number of hydrogen-bond acceptors (Lipinski definition) is 5. The van der Waals surface area contributed by atoms with Crippen LogP contribution in [-0.4, -0.2) is 34.4 Å². The maximum Gasteiger partial charge on any atom is 0.347 e. The molecule has 4 rings (SSSR count). The van der Waals surface area contributed by atoms with Crippen LogP contribution in [0.5, 0.6) is 5.75 Å². The van der Waals surface area contributed by atoms with Crippen molar-refractivity contribution >= 4 is 17.7 Å². The summed E-state index contributed by atoms with van der Waals surface area (Å²) in [5.41, 5.74) is 1.74. The third-order valence-electron chi connectivity index (χ3n) is 4.78. The van der Waals surface area contributed by atoms with Crippen LogP contribution in [0.15, 0.2) is 60.7 Å². The van der Waals surface area contributed by atoms with E-state index in [9.17, 15) is 14.0 Å². The summed E-state index contributed by atoms with van der Waals surface area (Å²) in [6.07, 6.45) is 1.17. The standard InChI is InChI=1S/C23H22FN3O4/c1-15(31-19-9-5-6-17(24)12-19)23(29)30-14-22(28)25-21-13-20(16-10-11-16)26-27(21)18-7-3-2-4-8-18/h2-9,12-13,15-16H,10-11,14H2,1H3,(H,25,28). The topological polar surface area (TPSA) is 82.4 Å². The highest BCUT2D eigenvalue weighted by Crippen LogP contribution is 2.40. The van der Waals surface area contributed by atoms with E-state index in [0.717, 1.165) is 24.2 Å². The number of aromatic nitrogens is 2. The number of hydrogen-bond donors (Lipinski definition) is 1. The van der Waals surface area contributed by atoms with Gasteiger partial charge in [0.2, 0.25) is 0 Å². The van der Waals surface area contributed by atoms with Crippen molar-refractivity contribution in [2.24, 2.45) is 0 Å². The van der Waals surface area contributed by atoms with Crippen LogP contribution in [0.2, 0.25) is 0 Å². The lowest BCUT2D eigenvalue weighted by molar-refractivity contribution is -0.153.